The van der Waals surface area contributed by atoms with Crippen molar-refractivity contribution in [1.29, 1.82) is 0 Å². The van der Waals surface area contributed by atoms with Crippen LogP contribution < -0.4 is 24.8 Å². The Labute approximate surface area is 181 Å². The van der Waals surface area contributed by atoms with Crippen molar-refractivity contribution < 1.29 is 49.0 Å². The summed E-state index contributed by atoms with van der Waals surface area (Å²) in [5.74, 6) is 0. The van der Waals surface area contributed by atoms with E-state index in [2.05, 4.69) is 90.1 Å². The van der Waals surface area contributed by atoms with Gasteiger partial charge in [-0.2, -0.15) is 5.57 Å². The smallest absolute Gasteiger partial charge is 1.00 e. The molecule has 0 amide bonds. The van der Waals surface area contributed by atoms with Crippen LogP contribution in [0.25, 0.3) is 10.8 Å². The van der Waals surface area contributed by atoms with Gasteiger partial charge < -0.3 is 24.8 Å². The van der Waals surface area contributed by atoms with Gasteiger partial charge in [0.1, 0.15) is 0 Å². The molecule has 0 bridgehead atoms. The molecule has 0 nitrogen and oxygen atoms in total. The van der Waals surface area contributed by atoms with E-state index in [9.17, 15) is 0 Å². The number of hydrogen-bond donors (Lipinski definition) is 0. The quantitative estimate of drug-likeness (QED) is 0.503. The Bertz CT molecular complexity index is 696. The zero-order valence-electron chi connectivity index (χ0n) is 16.1. The van der Waals surface area contributed by atoms with Gasteiger partial charge in [-0.25, -0.2) is 12.2 Å². The van der Waals surface area contributed by atoms with Gasteiger partial charge in [0, 0.05) is 0 Å². The maximum atomic E-state index is 3.05. The normalized spacial score (nSPS) is 11.9. The summed E-state index contributed by atoms with van der Waals surface area (Å²) in [6.45, 7) is 13.1. The molecular weight excluding hydrogens is 426 g/mol. The molecular formula is C22H28Cl2Zr-2. The van der Waals surface area contributed by atoms with Crippen LogP contribution in [0.3, 0.4) is 0 Å². The molecule has 0 saturated carbocycles. The summed E-state index contributed by atoms with van der Waals surface area (Å²) in [6, 6.07) is 13.0. The van der Waals surface area contributed by atoms with Gasteiger partial charge in [-0.3, -0.25) is 6.08 Å². The molecule has 0 heterocycles. The molecule has 0 aromatic heterocycles. The van der Waals surface area contributed by atoms with Gasteiger partial charge in [0.25, 0.3) is 0 Å². The van der Waals surface area contributed by atoms with E-state index < -0.39 is 0 Å². The monoisotopic (exact) mass is 452 g/mol. The van der Waals surface area contributed by atoms with Crippen LogP contribution >= 0.6 is 0 Å². The van der Waals surface area contributed by atoms with Crippen LogP contribution in [-0.2, 0) is 29.7 Å². The molecule has 2 aromatic carbocycles. The Morgan fingerprint density at radius 3 is 2.08 bits per heavy atom. The Balaban J connectivity index is 0. The zero-order chi connectivity index (χ0) is 17.5. The number of rotatable bonds is 0. The minimum absolute atomic E-state index is 0. The summed E-state index contributed by atoms with van der Waals surface area (Å²) >= 11 is 1.55. The number of fused-ring (bicyclic) bond motifs is 1. The molecule has 136 valence electrons. The van der Waals surface area contributed by atoms with E-state index in [1.807, 2.05) is 6.08 Å². The summed E-state index contributed by atoms with van der Waals surface area (Å²) in [4.78, 5) is 0. The van der Waals surface area contributed by atoms with Crippen LogP contribution in [0.1, 0.15) is 53.5 Å². The SMILES string of the molecule is CC(C)(C)c1c[cH-]c2ccccc12.CC1=CC=[C-]C1.C[C](C)=[Zr+2].[Cl-].[Cl-]. The maximum Gasteiger partial charge on any atom is -1.00 e. The van der Waals surface area contributed by atoms with E-state index in [0.29, 0.717) is 0 Å². The topological polar surface area (TPSA) is 0 Å². The average Bonchev–Trinajstić information content (AvgIpc) is 3.06. The van der Waals surface area contributed by atoms with Crippen molar-refractivity contribution in [3.8, 4) is 0 Å². The molecule has 3 rings (SSSR count). The third-order valence-corrected chi connectivity index (χ3v) is 3.36. The van der Waals surface area contributed by atoms with Crippen LogP contribution in [0.5, 0.6) is 0 Å². The number of halogens is 2. The largest absolute Gasteiger partial charge is 1.00 e. The third-order valence-electron chi connectivity index (χ3n) is 3.36. The van der Waals surface area contributed by atoms with Gasteiger partial charge in [0.05, 0.1) is 0 Å². The molecule has 0 N–H and O–H groups in total. The van der Waals surface area contributed by atoms with Crippen LogP contribution in [-0.4, -0.2) is 3.21 Å². The molecule has 1 aliphatic rings. The average molecular weight is 455 g/mol. The fourth-order valence-electron chi connectivity index (χ4n) is 2.28. The molecule has 0 unspecified atom stereocenters. The second kappa shape index (κ2) is 12.9. The molecule has 0 saturated heterocycles. The number of benzene rings is 1. The van der Waals surface area contributed by atoms with Crippen LogP contribution in [0.2, 0.25) is 0 Å². The molecule has 1 aliphatic carbocycles. The van der Waals surface area contributed by atoms with Crippen molar-refractivity contribution in [3.05, 3.63) is 65.8 Å². The number of allylic oxidation sites excluding steroid dienone is 4. The standard InChI is InChI=1S/C13H15.C6H7.C3H6.2ClH.Zr/c1-13(2,3)12-9-8-10-6-4-5-7-11(10)12;1-6-4-2-3-5-6;1-3-2;;;/h4-9H,1-3H3;2,4H,5H2,1H3;1-2H3;2*1H;/q2*-1;;;;+2/p-2. The fraction of sp³-hybridized carbons (Fsp3) is 0.364. The molecule has 0 atom stereocenters. The third kappa shape index (κ3) is 10.4. The first-order valence-corrected chi connectivity index (χ1v) is 9.33. The van der Waals surface area contributed by atoms with E-state index in [1.54, 1.807) is 24.2 Å². The van der Waals surface area contributed by atoms with E-state index in [0.717, 1.165) is 6.42 Å². The van der Waals surface area contributed by atoms with Gasteiger partial charge in [-0.15, -0.1) is 53.1 Å². The minimum atomic E-state index is 0. The van der Waals surface area contributed by atoms with Crippen molar-refractivity contribution in [2.24, 2.45) is 0 Å². The van der Waals surface area contributed by atoms with Gasteiger partial charge >= 0.3 is 41.3 Å². The summed E-state index contributed by atoms with van der Waals surface area (Å²) in [7, 11) is 0. The first kappa shape index (κ1) is 26.9. The van der Waals surface area contributed by atoms with E-state index >= 15 is 0 Å². The van der Waals surface area contributed by atoms with Gasteiger partial charge in [-0.1, -0.05) is 39.2 Å². The summed E-state index contributed by atoms with van der Waals surface area (Å²) in [6.07, 6.45) is 8.15. The molecule has 0 fully saturated rings. The van der Waals surface area contributed by atoms with Crippen molar-refractivity contribution in [2.75, 3.05) is 0 Å². The Hall–Kier alpha value is -0.357. The second-order valence-corrected chi connectivity index (χ2v) is 9.60. The van der Waals surface area contributed by atoms with Crippen molar-refractivity contribution in [1.82, 2.24) is 0 Å². The Morgan fingerprint density at radius 1 is 1.12 bits per heavy atom. The molecule has 0 spiro atoms. The van der Waals surface area contributed by atoms with Crippen LogP contribution in [0, 0.1) is 6.08 Å². The van der Waals surface area contributed by atoms with Gasteiger partial charge in [0.15, 0.2) is 0 Å². The maximum absolute atomic E-state index is 3.05. The Morgan fingerprint density at radius 2 is 1.68 bits per heavy atom. The predicted octanol–water partition coefficient (Wildman–Crippen LogP) is 0.305. The van der Waals surface area contributed by atoms with Crippen molar-refractivity contribution >= 4 is 14.0 Å². The predicted molar refractivity (Wildman–Crippen MR) is 101 cm³/mol. The van der Waals surface area contributed by atoms with E-state index in [-0.39, 0.29) is 30.2 Å². The van der Waals surface area contributed by atoms with Crippen LogP contribution in [0.15, 0.2) is 54.1 Å². The molecule has 0 aliphatic heterocycles. The van der Waals surface area contributed by atoms with Gasteiger partial charge in [0.2, 0.25) is 0 Å². The van der Waals surface area contributed by atoms with Crippen molar-refractivity contribution in [3.63, 3.8) is 0 Å². The van der Waals surface area contributed by atoms with Gasteiger partial charge in [-0.05, 0) is 0 Å². The Kier molecular flexibility index (Phi) is 13.9. The first-order valence-electron chi connectivity index (χ1n) is 8.11. The molecule has 3 heteroatoms. The summed E-state index contributed by atoms with van der Waals surface area (Å²) in [5.41, 5.74) is 3.11. The summed E-state index contributed by atoms with van der Waals surface area (Å²) < 4.78 is 1.51. The fourth-order valence-corrected chi connectivity index (χ4v) is 2.28. The zero-order valence-corrected chi connectivity index (χ0v) is 20.1. The van der Waals surface area contributed by atoms with Crippen LogP contribution in [0.4, 0.5) is 0 Å². The minimum Gasteiger partial charge on any atom is -1.00 e. The second-order valence-electron chi connectivity index (χ2n) is 7.14. The van der Waals surface area contributed by atoms with E-state index in [1.165, 1.54) is 25.1 Å². The molecule has 0 radical (unpaired) electrons. The molecule has 25 heavy (non-hydrogen) atoms. The number of hydrogen-bond acceptors (Lipinski definition) is 0. The van der Waals surface area contributed by atoms with Crippen molar-refractivity contribution in [2.45, 2.75) is 53.4 Å². The van der Waals surface area contributed by atoms with E-state index in [4.69, 9.17) is 0 Å². The first-order chi connectivity index (χ1) is 10.7. The molecule has 2 aromatic rings. The summed E-state index contributed by atoms with van der Waals surface area (Å²) in [5, 5.41) is 2.75.